The second kappa shape index (κ2) is 11.8. The van der Waals surface area contributed by atoms with Crippen LogP contribution in [0.25, 0.3) is 6.08 Å². The van der Waals surface area contributed by atoms with Crippen LogP contribution in [0.4, 0.5) is 0 Å². The van der Waals surface area contributed by atoms with Gasteiger partial charge in [-0.2, -0.15) is 0 Å². The van der Waals surface area contributed by atoms with Crippen LogP contribution in [-0.2, 0) is 11.3 Å². The van der Waals surface area contributed by atoms with Gasteiger partial charge in [0.25, 0.3) is 11.8 Å². The van der Waals surface area contributed by atoms with Gasteiger partial charge >= 0.3 is 0 Å². The molecule has 37 heavy (non-hydrogen) atoms. The maximum atomic E-state index is 12.9. The number of benzene rings is 2. The number of hydrogen-bond donors (Lipinski definition) is 1. The Morgan fingerprint density at radius 2 is 1.92 bits per heavy atom. The van der Waals surface area contributed by atoms with Gasteiger partial charge in [0, 0.05) is 5.56 Å². The average Bonchev–Trinajstić information content (AvgIpc) is 3.48. The third kappa shape index (κ3) is 6.80. The summed E-state index contributed by atoms with van der Waals surface area (Å²) in [6.45, 7) is 0.248. The number of thioether (sulfide) groups is 1. The molecule has 0 saturated carbocycles. The number of ether oxygens (including phenoxy) is 2. The van der Waals surface area contributed by atoms with E-state index in [0.29, 0.717) is 31.9 Å². The lowest BCUT2D eigenvalue weighted by molar-refractivity contribution is -0.122. The minimum absolute atomic E-state index is 0.217. The molecule has 1 saturated heterocycles. The van der Waals surface area contributed by atoms with Crippen molar-refractivity contribution in [2.24, 2.45) is 0 Å². The van der Waals surface area contributed by atoms with Gasteiger partial charge in [0.2, 0.25) is 10.0 Å². The maximum absolute atomic E-state index is 12.9. The van der Waals surface area contributed by atoms with Gasteiger partial charge in [0.1, 0.15) is 10.1 Å². The first-order valence-corrected chi connectivity index (χ1v) is 13.1. The Morgan fingerprint density at radius 3 is 2.57 bits per heavy atom. The van der Waals surface area contributed by atoms with Gasteiger partial charge in [-0.05, 0) is 48.0 Å². The smallest absolute Gasteiger partial charge is 0.266 e. The Labute approximate surface area is 237 Å². The van der Waals surface area contributed by atoms with Crippen LogP contribution in [0.3, 0.4) is 0 Å². The molecule has 0 spiro atoms. The Balaban J connectivity index is 1.52. The fourth-order valence-electron chi connectivity index (χ4n) is 3.31. The Hall–Kier alpha value is -2.69. The van der Waals surface area contributed by atoms with E-state index in [9.17, 15) is 9.59 Å². The summed E-state index contributed by atoms with van der Waals surface area (Å²) in [5.74, 6) is 0.431. The van der Waals surface area contributed by atoms with Crippen molar-refractivity contribution >= 4 is 81.0 Å². The number of amides is 2. The molecule has 192 valence electrons. The van der Waals surface area contributed by atoms with E-state index in [0.717, 1.165) is 0 Å². The van der Waals surface area contributed by atoms with E-state index in [-0.39, 0.29) is 18.2 Å². The number of nitrogens with zero attached hydrogens (tertiary/aromatic N) is 1. The van der Waals surface area contributed by atoms with Crippen LogP contribution in [0.1, 0.15) is 21.7 Å². The topological polar surface area (TPSA) is 81.0 Å². The van der Waals surface area contributed by atoms with Crippen molar-refractivity contribution in [1.82, 2.24) is 10.2 Å². The van der Waals surface area contributed by atoms with Crippen LogP contribution in [0, 0.1) is 0 Å². The van der Waals surface area contributed by atoms with E-state index in [1.165, 1.54) is 23.8 Å². The van der Waals surface area contributed by atoms with Gasteiger partial charge in [-0.3, -0.25) is 14.5 Å². The van der Waals surface area contributed by atoms with Gasteiger partial charge in [-0.1, -0.05) is 83.0 Å². The van der Waals surface area contributed by atoms with Gasteiger partial charge in [0.05, 0.1) is 24.8 Å². The number of alkyl halides is 3. The van der Waals surface area contributed by atoms with Crippen LogP contribution in [0.5, 0.6) is 11.5 Å². The van der Waals surface area contributed by atoms with E-state index < -0.39 is 15.9 Å². The van der Waals surface area contributed by atoms with E-state index >= 15 is 0 Å². The molecule has 1 aliphatic heterocycles. The summed E-state index contributed by atoms with van der Waals surface area (Å²) < 4.78 is 15.1. The molecule has 0 bridgehead atoms. The predicted octanol–water partition coefficient (Wildman–Crippen LogP) is 6.19. The fourth-order valence-corrected chi connectivity index (χ4v) is 4.87. The highest BCUT2D eigenvalue weighted by Crippen LogP contribution is 2.38. The Kier molecular flexibility index (Phi) is 8.71. The van der Waals surface area contributed by atoms with E-state index in [4.69, 9.17) is 60.9 Å². The zero-order valence-corrected chi connectivity index (χ0v) is 23.1. The molecular formula is C25H19Cl3N2O5S2. The highest BCUT2D eigenvalue weighted by Gasteiger charge is 2.37. The van der Waals surface area contributed by atoms with Gasteiger partial charge in [-0.15, -0.1) is 0 Å². The Bertz CT molecular complexity index is 1330. The zero-order valence-electron chi connectivity index (χ0n) is 19.2. The number of thiocarbonyl (C=S) groups is 1. The molecule has 1 aromatic heterocycles. The summed E-state index contributed by atoms with van der Waals surface area (Å²) in [5.41, 5.74) is 1.03. The number of carbonyl (C=O) groups is 2. The third-order valence-corrected chi connectivity index (χ3v) is 7.07. The van der Waals surface area contributed by atoms with Crippen molar-refractivity contribution in [3.63, 3.8) is 0 Å². The van der Waals surface area contributed by atoms with Gasteiger partial charge in [0.15, 0.2) is 11.5 Å². The van der Waals surface area contributed by atoms with Crippen LogP contribution in [-0.4, -0.2) is 38.2 Å². The molecule has 1 N–H and O–H groups in total. The predicted molar refractivity (Wildman–Crippen MR) is 149 cm³/mol. The van der Waals surface area contributed by atoms with Crippen molar-refractivity contribution in [2.75, 3.05) is 7.11 Å². The van der Waals surface area contributed by atoms with Crippen LogP contribution >= 0.6 is 58.8 Å². The minimum Gasteiger partial charge on any atom is -0.493 e. The number of methoxy groups -OCH3 is 1. The molecule has 0 aliphatic carbocycles. The molecule has 0 radical (unpaired) electrons. The first-order chi connectivity index (χ1) is 17.7. The van der Waals surface area contributed by atoms with Crippen molar-refractivity contribution in [3.8, 4) is 11.5 Å². The molecule has 12 heteroatoms. The van der Waals surface area contributed by atoms with Crippen molar-refractivity contribution in [3.05, 3.63) is 88.7 Å². The van der Waals surface area contributed by atoms with E-state index in [1.807, 2.05) is 0 Å². The van der Waals surface area contributed by atoms with Gasteiger partial charge < -0.3 is 19.2 Å². The second-order valence-electron chi connectivity index (χ2n) is 7.64. The second-order valence-corrected chi connectivity index (χ2v) is 11.7. The molecule has 2 amide bonds. The summed E-state index contributed by atoms with van der Waals surface area (Å²) >= 11 is 24.8. The highest BCUT2D eigenvalue weighted by molar-refractivity contribution is 8.26. The van der Waals surface area contributed by atoms with Crippen molar-refractivity contribution in [1.29, 1.82) is 0 Å². The largest absolute Gasteiger partial charge is 0.493 e. The zero-order chi connectivity index (χ0) is 26.6. The standard InChI is InChI=1S/C25H19Cl3N2O5S2/c1-33-19-12-15(13-20-22(32)30(24(36)37-20)14-17-8-5-11-34-17)9-10-18(19)35-23(25(26,27)28)29-21(31)16-6-3-2-4-7-16/h2-13,23H,14H2,1H3,(H,29,31). The summed E-state index contributed by atoms with van der Waals surface area (Å²) in [6.07, 6.45) is 1.90. The summed E-state index contributed by atoms with van der Waals surface area (Å²) in [5, 5.41) is 2.58. The lowest BCUT2D eigenvalue weighted by Crippen LogP contribution is -2.47. The summed E-state index contributed by atoms with van der Waals surface area (Å²) in [7, 11) is 1.45. The first-order valence-electron chi connectivity index (χ1n) is 10.7. The number of nitrogens with one attached hydrogen (secondary N) is 1. The van der Waals surface area contributed by atoms with Crippen LogP contribution < -0.4 is 14.8 Å². The number of rotatable bonds is 8. The summed E-state index contributed by atoms with van der Waals surface area (Å²) in [6, 6.07) is 16.9. The number of carbonyl (C=O) groups excluding carboxylic acids is 2. The maximum Gasteiger partial charge on any atom is 0.266 e. The lowest BCUT2D eigenvalue weighted by Gasteiger charge is -2.27. The first kappa shape index (κ1) is 27.3. The molecule has 1 aliphatic rings. The molecular weight excluding hydrogens is 579 g/mol. The quantitative estimate of drug-likeness (QED) is 0.143. The van der Waals surface area contributed by atoms with Gasteiger partial charge in [-0.25, -0.2) is 0 Å². The molecule has 1 fully saturated rings. The number of halogens is 3. The average molecular weight is 598 g/mol. The van der Waals surface area contributed by atoms with E-state index in [1.54, 1.807) is 73.0 Å². The van der Waals surface area contributed by atoms with Crippen LogP contribution in [0.15, 0.2) is 76.2 Å². The number of furan rings is 1. The molecule has 3 aromatic rings. The SMILES string of the molecule is COc1cc(C=C2SC(=S)N(Cc3ccco3)C2=O)ccc1OC(NC(=O)c1ccccc1)C(Cl)(Cl)Cl. The molecule has 4 rings (SSSR count). The minimum atomic E-state index is -1.99. The molecule has 1 atom stereocenters. The van der Waals surface area contributed by atoms with Crippen LogP contribution in [0.2, 0.25) is 0 Å². The normalized spacial score (nSPS) is 15.7. The number of hydrogen-bond acceptors (Lipinski definition) is 7. The van der Waals surface area contributed by atoms with Crippen molar-refractivity contribution < 1.29 is 23.5 Å². The third-order valence-electron chi connectivity index (χ3n) is 5.09. The molecule has 7 nitrogen and oxygen atoms in total. The van der Waals surface area contributed by atoms with Crippen molar-refractivity contribution in [2.45, 2.75) is 16.6 Å². The fraction of sp³-hybridized carbons (Fsp3) is 0.160. The Morgan fingerprint density at radius 1 is 1.16 bits per heavy atom. The monoisotopic (exact) mass is 596 g/mol. The van der Waals surface area contributed by atoms with E-state index in [2.05, 4.69) is 5.32 Å². The highest BCUT2D eigenvalue weighted by atomic mass is 35.6. The molecule has 2 heterocycles. The lowest BCUT2D eigenvalue weighted by atomic mass is 10.2. The molecule has 1 unspecified atom stereocenters. The summed E-state index contributed by atoms with van der Waals surface area (Å²) in [4.78, 5) is 27.4. The molecule has 2 aromatic carbocycles.